The molecule has 0 saturated carbocycles. The molecule has 0 radical (unpaired) electrons. The van der Waals surface area contributed by atoms with Crippen molar-refractivity contribution in [3.63, 3.8) is 0 Å². The fourth-order valence-electron chi connectivity index (χ4n) is 2.06. The number of carbonyl (C=O) groups excluding carboxylic acids is 2. The van der Waals surface area contributed by atoms with Gasteiger partial charge >= 0.3 is 0 Å². The number of ether oxygens (including phenoxy) is 1. The Bertz CT molecular complexity index is 916. The van der Waals surface area contributed by atoms with Crippen molar-refractivity contribution < 1.29 is 19.2 Å². The lowest BCUT2D eigenvalue weighted by atomic mass is 10.2. The number of amides is 1. The number of nitrogens with zero attached hydrogens (tertiary/aromatic N) is 3. The number of carbonyl (C=O) groups is 2. The molecule has 0 aliphatic rings. The van der Waals surface area contributed by atoms with Crippen LogP contribution < -0.4 is 10.1 Å². The third kappa shape index (κ3) is 5.08. The molecule has 0 saturated heterocycles. The van der Waals surface area contributed by atoms with E-state index in [1.807, 2.05) is 0 Å². The first-order chi connectivity index (χ1) is 12.8. The summed E-state index contributed by atoms with van der Waals surface area (Å²) in [6.07, 6.45) is 0. The van der Waals surface area contributed by atoms with Gasteiger partial charge in [0.15, 0.2) is 11.5 Å². The van der Waals surface area contributed by atoms with E-state index < -0.39 is 22.7 Å². The number of methoxy groups -OCH3 is 1. The number of anilines is 1. The smallest absolute Gasteiger partial charge is 0.273 e. The number of nitro groups is 1. The standard InChI is InChI=1S/C17H15ClN4O5/c1-10(23)16(17(24)19-13-6-4-3-5-12(13)18)21-20-14-8-7-11(22(25)26)9-15(14)27-2/h3-9,16H,1-2H3,(H,19,24). The van der Waals surface area contributed by atoms with E-state index in [2.05, 4.69) is 15.5 Å². The van der Waals surface area contributed by atoms with E-state index in [1.54, 1.807) is 24.3 Å². The summed E-state index contributed by atoms with van der Waals surface area (Å²) < 4.78 is 5.04. The molecule has 0 spiro atoms. The summed E-state index contributed by atoms with van der Waals surface area (Å²) in [7, 11) is 1.31. The van der Waals surface area contributed by atoms with E-state index in [9.17, 15) is 19.7 Å². The molecule has 10 heteroatoms. The van der Waals surface area contributed by atoms with Crippen LogP contribution in [0.4, 0.5) is 17.1 Å². The number of para-hydroxylation sites is 1. The molecule has 2 aromatic rings. The van der Waals surface area contributed by atoms with Gasteiger partial charge in [-0.2, -0.15) is 10.2 Å². The first kappa shape index (κ1) is 20.0. The topological polar surface area (TPSA) is 123 Å². The molecule has 0 aliphatic heterocycles. The van der Waals surface area contributed by atoms with Crippen LogP contribution >= 0.6 is 11.6 Å². The number of benzene rings is 2. The van der Waals surface area contributed by atoms with Crippen LogP contribution in [0.2, 0.25) is 5.02 Å². The number of nitrogens with one attached hydrogen (secondary N) is 1. The van der Waals surface area contributed by atoms with Gasteiger partial charge in [-0.05, 0) is 25.1 Å². The minimum atomic E-state index is -1.42. The van der Waals surface area contributed by atoms with Crippen LogP contribution in [0.15, 0.2) is 52.7 Å². The number of nitro benzene ring substituents is 1. The Morgan fingerprint density at radius 3 is 2.56 bits per heavy atom. The molecular weight excluding hydrogens is 376 g/mol. The van der Waals surface area contributed by atoms with E-state index in [0.717, 1.165) is 0 Å². The van der Waals surface area contributed by atoms with Crippen molar-refractivity contribution in [3.05, 3.63) is 57.6 Å². The average Bonchev–Trinajstić information content (AvgIpc) is 2.63. The maximum absolute atomic E-state index is 12.4. The minimum Gasteiger partial charge on any atom is -0.494 e. The molecule has 0 bridgehead atoms. The molecule has 140 valence electrons. The van der Waals surface area contributed by atoms with Gasteiger partial charge in [0.2, 0.25) is 6.04 Å². The number of halogens is 1. The van der Waals surface area contributed by atoms with E-state index in [-0.39, 0.29) is 17.1 Å². The van der Waals surface area contributed by atoms with Crippen LogP contribution in [-0.4, -0.2) is 29.8 Å². The molecule has 9 nitrogen and oxygen atoms in total. The zero-order valence-corrected chi connectivity index (χ0v) is 15.1. The van der Waals surface area contributed by atoms with Crippen molar-refractivity contribution in [1.82, 2.24) is 0 Å². The number of hydrogen-bond donors (Lipinski definition) is 1. The molecule has 0 aromatic heterocycles. The Hall–Kier alpha value is -3.33. The Labute approximate surface area is 159 Å². The highest BCUT2D eigenvalue weighted by atomic mass is 35.5. The third-order valence-corrected chi connectivity index (χ3v) is 3.75. The molecule has 1 amide bonds. The first-order valence-corrected chi connectivity index (χ1v) is 8.00. The summed E-state index contributed by atoms with van der Waals surface area (Å²) in [6, 6.07) is 8.81. The third-order valence-electron chi connectivity index (χ3n) is 3.42. The second kappa shape index (κ2) is 8.86. The number of non-ortho nitro benzene ring substituents is 1. The van der Waals surface area contributed by atoms with Gasteiger partial charge in [0, 0.05) is 6.07 Å². The van der Waals surface area contributed by atoms with Crippen LogP contribution in [-0.2, 0) is 9.59 Å². The molecule has 0 aliphatic carbocycles. The van der Waals surface area contributed by atoms with Crippen molar-refractivity contribution in [3.8, 4) is 5.75 Å². The normalized spacial score (nSPS) is 11.8. The highest BCUT2D eigenvalue weighted by Gasteiger charge is 2.24. The lowest BCUT2D eigenvalue weighted by Crippen LogP contribution is -2.31. The summed E-state index contributed by atoms with van der Waals surface area (Å²) in [5, 5.41) is 21.3. The lowest BCUT2D eigenvalue weighted by Gasteiger charge is -2.10. The van der Waals surface area contributed by atoms with Gasteiger partial charge in [0.05, 0.1) is 28.8 Å². The van der Waals surface area contributed by atoms with Gasteiger partial charge in [0.1, 0.15) is 5.69 Å². The predicted molar refractivity (Wildman–Crippen MR) is 98.7 cm³/mol. The largest absolute Gasteiger partial charge is 0.494 e. The first-order valence-electron chi connectivity index (χ1n) is 7.62. The van der Waals surface area contributed by atoms with E-state index in [0.29, 0.717) is 10.7 Å². The highest BCUT2D eigenvalue weighted by Crippen LogP contribution is 2.32. The fourth-order valence-corrected chi connectivity index (χ4v) is 2.25. The van der Waals surface area contributed by atoms with Crippen LogP contribution in [0.3, 0.4) is 0 Å². The Kier molecular flexibility index (Phi) is 6.56. The summed E-state index contributed by atoms with van der Waals surface area (Å²) >= 11 is 5.98. The monoisotopic (exact) mass is 390 g/mol. The molecule has 0 heterocycles. The van der Waals surface area contributed by atoms with Gasteiger partial charge < -0.3 is 10.1 Å². The molecule has 0 fully saturated rings. The van der Waals surface area contributed by atoms with E-state index in [1.165, 1.54) is 32.2 Å². The molecule has 27 heavy (non-hydrogen) atoms. The van der Waals surface area contributed by atoms with E-state index >= 15 is 0 Å². The van der Waals surface area contributed by atoms with Gasteiger partial charge in [0.25, 0.3) is 11.6 Å². The summed E-state index contributed by atoms with van der Waals surface area (Å²) in [6.45, 7) is 1.20. The SMILES string of the molecule is COc1cc([N+](=O)[O-])ccc1N=NC(C(C)=O)C(=O)Nc1ccccc1Cl. The van der Waals surface area contributed by atoms with Crippen LogP contribution in [0, 0.1) is 10.1 Å². The summed E-state index contributed by atoms with van der Waals surface area (Å²) in [5.41, 5.74) is 0.281. The maximum atomic E-state index is 12.4. The Morgan fingerprint density at radius 2 is 1.96 bits per heavy atom. The molecule has 1 atom stereocenters. The number of ketones is 1. The average molecular weight is 391 g/mol. The predicted octanol–water partition coefficient (Wildman–Crippen LogP) is 3.94. The number of azo groups is 1. The quantitative estimate of drug-likeness (QED) is 0.332. The number of rotatable bonds is 7. The molecule has 1 unspecified atom stereocenters. The highest BCUT2D eigenvalue weighted by molar-refractivity contribution is 6.33. The van der Waals surface area contributed by atoms with Gasteiger partial charge in [-0.3, -0.25) is 19.7 Å². The van der Waals surface area contributed by atoms with Crippen molar-refractivity contribution in [1.29, 1.82) is 0 Å². The minimum absolute atomic E-state index is 0.0850. The van der Waals surface area contributed by atoms with Crippen molar-refractivity contribution in [2.45, 2.75) is 13.0 Å². The molecule has 1 N–H and O–H groups in total. The molecule has 2 rings (SSSR count). The van der Waals surface area contributed by atoms with Crippen LogP contribution in [0.5, 0.6) is 5.75 Å². The number of hydrogen-bond acceptors (Lipinski definition) is 7. The zero-order chi connectivity index (χ0) is 20.0. The second-order valence-corrected chi connectivity index (χ2v) is 5.72. The molecular formula is C17H15ClN4O5. The van der Waals surface area contributed by atoms with Crippen molar-refractivity contribution >= 4 is 40.4 Å². The van der Waals surface area contributed by atoms with Gasteiger partial charge in [-0.15, -0.1) is 0 Å². The van der Waals surface area contributed by atoms with Gasteiger partial charge in [-0.25, -0.2) is 0 Å². The zero-order valence-electron chi connectivity index (χ0n) is 14.4. The second-order valence-electron chi connectivity index (χ2n) is 5.31. The van der Waals surface area contributed by atoms with E-state index in [4.69, 9.17) is 16.3 Å². The van der Waals surface area contributed by atoms with Crippen molar-refractivity contribution in [2.75, 3.05) is 12.4 Å². The van der Waals surface area contributed by atoms with Crippen LogP contribution in [0.25, 0.3) is 0 Å². The van der Waals surface area contributed by atoms with Crippen LogP contribution in [0.1, 0.15) is 6.92 Å². The number of Topliss-reactive ketones (excluding diaryl/α,β-unsaturated/α-hetero) is 1. The fraction of sp³-hybridized carbons (Fsp3) is 0.176. The summed E-state index contributed by atoms with van der Waals surface area (Å²) in [5.74, 6) is -1.16. The van der Waals surface area contributed by atoms with Crippen molar-refractivity contribution in [2.24, 2.45) is 10.2 Å². The molecule has 2 aromatic carbocycles. The summed E-state index contributed by atoms with van der Waals surface area (Å²) in [4.78, 5) is 34.4. The lowest BCUT2D eigenvalue weighted by molar-refractivity contribution is -0.384. The maximum Gasteiger partial charge on any atom is 0.273 e. The Morgan fingerprint density at radius 1 is 1.26 bits per heavy atom. The van der Waals surface area contributed by atoms with Gasteiger partial charge in [-0.1, -0.05) is 23.7 Å². The Balaban J connectivity index is 2.25.